The molecule has 0 aromatic rings. The van der Waals surface area contributed by atoms with E-state index in [1.807, 2.05) is 0 Å². The van der Waals surface area contributed by atoms with Crippen molar-refractivity contribution in [2.45, 2.75) is 137 Å². The number of aliphatic hydroxyl groups is 8. The Balaban J connectivity index is 1.69. The SMILES string of the molecule is COC1OC(CO)C(O)[C@H](OC2OC(C(=O)NCCSSCCN)C(OC3OC(CO)C(O)[C@H](OC4OC(C(=O)O)C(OC)[C@H](O)[C@@H]4O)[C@@H]3NC(C)=O)[C@H](O)[C@@H]2O)[C@@H]1NC(C)=O. The number of carboxylic acids is 1. The fraction of sp³-hybridized carbons (Fsp3) is 0.882. The molecule has 12 unspecified atom stereocenters. The Bertz CT molecular complexity index is 1470. The summed E-state index contributed by atoms with van der Waals surface area (Å²) in [5.74, 6) is -3.03. The first-order chi connectivity index (χ1) is 29.4. The van der Waals surface area contributed by atoms with E-state index in [1.165, 1.54) is 28.7 Å². The molecule has 0 saturated carbocycles. The third kappa shape index (κ3) is 12.6. The van der Waals surface area contributed by atoms with Crippen LogP contribution in [-0.4, -0.2) is 244 Å². The highest BCUT2D eigenvalue weighted by atomic mass is 33.1. The summed E-state index contributed by atoms with van der Waals surface area (Å²) in [6.07, 6.45) is -32.9. The number of aliphatic hydroxyl groups excluding tert-OH is 8. The number of amides is 3. The van der Waals surface area contributed by atoms with Crippen molar-refractivity contribution in [1.29, 1.82) is 0 Å². The topological polar surface area (TPSA) is 396 Å². The summed E-state index contributed by atoms with van der Waals surface area (Å²) >= 11 is 0. The number of aliphatic carboxylic acids is 1. The van der Waals surface area contributed by atoms with Crippen LogP contribution < -0.4 is 21.7 Å². The first-order valence-corrected chi connectivity index (χ1v) is 21.9. The monoisotopic (exact) mass is 938 g/mol. The van der Waals surface area contributed by atoms with E-state index in [0.717, 1.165) is 21.0 Å². The minimum atomic E-state index is -2.16. The maximum atomic E-state index is 13.9. The Morgan fingerprint density at radius 2 is 1.06 bits per heavy atom. The summed E-state index contributed by atoms with van der Waals surface area (Å²) in [6, 6.07) is -3.02. The van der Waals surface area contributed by atoms with Gasteiger partial charge in [-0.05, 0) is 0 Å². The minimum Gasteiger partial charge on any atom is -0.479 e. The lowest BCUT2D eigenvalue weighted by molar-refractivity contribution is -0.368. The Labute approximate surface area is 362 Å². The quantitative estimate of drug-likeness (QED) is 0.0398. The van der Waals surface area contributed by atoms with Crippen LogP contribution in [0.2, 0.25) is 0 Å². The largest absolute Gasteiger partial charge is 0.479 e. The lowest BCUT2D eigenvalue weighted by atomic mass is 9.93. The zero-order valence-electron chi connectivity index (χ0n) is 34.0. The number of nitrogens with one attached hydrogen (secondary N) is 3. The number of carbonyl (C=O) groups is 4. The van der Waals surface area contributed by atoms with Gasteiger partial charge in [0.15, 0.2) is 37.4 Å². The second kappa shape index (κ2) is 24.4. The minimum absolute atomic E-state index is 0.0226. The van der Waals surface area contributed by atoms with Gasteiger partial charge in [0, 0.05) is 52.7 Å². The van der Waals surface area contributed by atoms with Gasteiger partial charge in [0.1, 0.15) is 85.3 Å². The molecule has 4 heterocycles. The van der Waals surface area contributed by atoms with Gasteiger partial charge in [-0.15, -0.1) is 0 Å². The number of nitrogens with two attached hydrogens (primary N) is 1. The molecule has 358 valence electrons. The summed E-state index contributed by atoms with van der Waals surface area (Å²) in [5.41, 5.74) is 5.54. The van der Waals surface area contributed by atoms with Gasteiger partial charge in [-0.3, -0.25) is 14.4 Å². The third-order valence-electron chi connectivity index (χ3n) is 10.2. The van der Waals surface area contributed by atoms with Crippen molar-refractivity contribution >= 4 is 45.3 Å². The lowest BCUT2D eigenvalue weighted by Crippen LogP contribution is -2.71. The van der Waals surface area contributed by atoms with E-state index in [2.05, 4.69) is 16.0 Å². The van der Waals surface area contributed by atoms with Gasteiger partial charge >= 0.3 is 5.97 Å². The molecular formula is C34H58N4O22S2. The highest BCUT2D eigenvalue weighted by molar-refractivity contribution is 8.76. The fourth-order valence-electron chi connectivity index (χ4n) is 7.22. The number of rotatable bonds is 20. The fourth-order valence-corrected chi connectivity index (χ4v) is 8.99. The predicted molar refractivity (Wildman–Crippen MR) is 207 cm³/mol. The molecule has 4 aliphatic heterocycles. The molecular weight excluding hydrogens is 881 g/mol. The maximum Gasteiger partial charge on any atom is 0.335 e. The molecule has 0 radical (unpaired) electrons. The molecule has 62 heavy (non-hydrogen) atoms. The average Bonchev–Trinajstić information content (AvgIpc) is 3.23. The molecule has 26 nitrogen and oxygen atoms in total. The van der Waals surface area contributed by atoms with Crippen LogP contribution >= 0.6 is 21.6 Å². The summed E-state index contributed by atoms with van der Waals surface area (Å²) in [6.45, 7) is 0.906. The van der Waals surface area contributed by atoms with E-state index in [9.17, 15) is 65.1 Å². The maximum absolute atomic E-state index is 13.9. The van der Waals surface area contributed by atoms with Crippen LogP contribution in [0.3, 0.4) is 0 Å². The molecule has 0 aromatic heterocycles. The van der Waals surface area contributed by atoms with Crippen molar-refractivity contribution in [3.8, 4) is 0 Å². The van der Waals surface area contributed by atoms with Crippen molar-refractivity contribution in [3.05, 3.63) is 0 Å². The molecule has 4 rings (SSSR count). The van der Waals surface area contributed by atoms with Crippen LogP contribution in [-0.2, 0) is 61.8 Å². The second-order valence-electron chi connectivity index (χ2n) is 14.5. The highest BCUT2D eigenvalue weighted by Crippen LogP contribution is 2.35. The van der Waals surface area contributed by atoms with Crippen molar-refractivity contribution < 1.29 is 108 Å². The van der Waals surface area contributed by atoms with Crippen molar-refractivity contribution in [2.75, 3.05) is 52.0 Å². The van der Waals surface area contributed by atoms with Gasteiger partial charge in [-0.2, -0.15) is 0 Å². The van der Waals surface area contributed by atoms with Crippen LogP contribution in [0.5, 0.6) is 0 Å². The molecule has 4 fully saturated rings. The van der Waals surface area contributed by atoms with E-state index in [0.29, 0.717) is 18.1 Å². The van der Waals surface area contributed by atoms with Crippen LogP contribution in [0.1, 0.15) is 13.8 Å². The van der Waals surface area contributed by atoms with E-state index < -0.39 is 160 Å². The van der Waals surface area contributed by atoms with E-state index in [-0.39, 0.29) is 6.54 Å². The van der Waals surface area contributed by atoms with Gasteiger partial charge in [-0.25, -0.2) is 4.79 Å². The number of hydrogen-bond donors (Lipinski definition) is 13. The third-order valence-corrected chi connectivity index (χ3v) is 12.6. The molecule has 28 heteroatoms. The summed E-state index contributed by atoms with van der Waals surface area (Å²) in [4.78, 5) is 50.8. The Morgan fingerprint density at radius 1 is 0.597 bits per heavy atom. The zero-order valence-corrected chi connectivity index (χ0v) is 35.6. The molecule has 20 atom stereocenters. The molecule has 3 amide bonds. The Hall–Kier alpha value is -2.14. The van der Waals surface area contributed by atoms with E-state index >= 15 is 0 Å². The van der Waals surface area contributed by atoms with Gasteiger partial charge in [0.25, 0.3) is 5.91 Å². The van der Waals surface area contributed by atoms with Crippen LogP contribution in [0.25, 0.3) is 0 Å². The van der Waals surface area contributed by atoms with Crippen LogP contribution in [0, 0.1) is 0 Å². The van der Waals surface area contributed by atoms with Gasteiger partial charge in [0.05, 0.1) is 13.2 Å². The standard InChI is InChI=1S/C34H58N4O22S2/c1-11(41)37-15-23(17(43)13(9-39)54-31(15)53-4)56-33-22(48)20(46)26(27(59-33)29(49)36-6-8-62-61-7-5-35)58-32-16(38-12(2)42)24(18(44)14(10-40)55-32)57-34-21(47)19(45)25(52-3)28(60-34)30(50)51/h13-28,31-34,39-40,43-48H,5-10,35H2,1-4H3,(H,36,49)(H,37,41)(H,38,42)(H,50,51)/t13?,14?,15-,16-,17?,18?,19+,20+,21-,22-,23+,24+,25?,26?,27?,28?,31?,32?,33?,34?/m0/s1. The number of ether oxygens (including phenoxy) is 9. The Morgan fingerprint density at radius 3 is 1.53 bits per heavy atom. The molecule has 14 N–H and O–H groups in total. The normalized spacial score (nSPS) is 41.2. The first kappa shape index (κ1) is 52.5. The van der Waals surface area contributed by atoms with Crippen LogP contribution in [0.15, 0.2) is 0 Å². The molecule has 0 aliphatic carbocycles. The Kier molecular flexibility index (Phi) is 20.7. The van der Waals surface area contributed by atoms with Gasteiger partial charge in [-0.1, -0.05) is 21.6 Å². The smallest absolute Gasteiger partial charge is 0.335 e. The molecule has 4 aliphatic rings. The van der Waals surface area contributed by atoms with E-state index in [1.54, 1.807) is 0 Å². The van der Waals surface area contributed by atoms with E-state index in [4.69, 9.17) is 48.4 Å². The second-order valence-corrected chi connectivity index (χ2v) is 17.2. The number of carboxylic acid groups (broad SMARTS) is 1. The van der Waals surface area contributed by atoms with Gasteiger partial charge < -0.3 is 110 Å². The summed E-state index contributed by atoms with van der Waals surface area (Å²) in [7, 11) is 5.09. The highest BCUT2D eigenvalue weighted by Gasteiger charge is 2.57. The van der Waals surface area contributed by atoms with Crippen molar-refractivity contribution in [2.24, 2.45) is 5.73 Å². The van der Waals surface area contributed by atoms with Crippen molar-refractivity contribution in [1.82, 2.24) is 16.0 Å². The molecule has 0 aromatic carbocycles. The molecule has 0 spiro atoms. The first-order valence-electron chi connectivity index (χ1n) is 19.4. The van der Waals surface area contributed by atoms with Crippen LogP contribution in [0.4, 0.5) is 0 Å². The number of carbonyl (C=O) groups excluding carboxylic acids is 3. The number of hydrogen-bond acceptors (Lipinski definition) is 24. The number of methoxy groups -OCH3 is 2. The van der Waals surface area contributed by atoms with Gasteiger partial charge in [0.2, 0.25) is 11.8 Å². The summed E-state index contributed by atoms with van der Waals surface area (Å²) < 4.78 is 50.9. The summed E-state index contributed by atoms with van der Waals surface area (Å²) in [5, 5.41) is 105. The predicted octanol–water partition coefficient (Wildman–Crippen LogP) is -7.60. The lowest BCUT2D eigenvalue weighted by Gasteiger charge is -2.50. The molecule has 0 bridgehead atoms. The molecule has 4 saturated heterocycles. The average molecular weight is 939 g/mol. The van der Waals surface area contributed by atoms with Crippen molar-refractivity contribution in [3.63, 3.8) is 0 Å². The zero-order chi connectivity index (χ0) is 46.0.